The molecular weight excluding hydrogens is 116 g/mol. The van der Waals surface area contributed by atoms with Crippen LogP contribution in [0.3, 0.4) is 0 Å². The van der Waals surface area contributed by atoms with Crippen LogP contribution in [0.25, 0.3) is 0 Å². The Hall–Kier alpha value is 0.0400. The minimum atomic E-state index is 0.608. The third-order valence-corrected chi connectivity index (χ3v) is 0.347. The lowest BCUT2D eigenvalue weighted by Gasteiger charge is -1.50. The molecular formula is C3H3Br. The predicted molar refractivity (Wildman–Crippen MR) is 22.6 cm³/mol. The molecule has 0 spiro atoms. The van der Waals surface area contributed by atoms with E-state index in [9.17, 15) is 0 Å². The molecule has 0 aliphatic heterocycles. The molecule has 0 aliphatic rings. The Morgan fingerprint density at radius 1 is 2.50 bits per heavy atom. The van der Waals surface area contributed by atoms with Crippen LogP contribution < -0.4 is 0 Å². The smallest absolute Gasteiger partial charge is 0.119 e. The maximum absolute atomic E-state index is 6.21. The highest BCUT2D eigenvalue weighted by Gasteiger charge is 1.46. The van der Waals surface area contributed by atoms with Crippen LogP contribution in [0, 0.1) is 12.3 Å². The third-order valence-electron chi connectivity index (χ3n) is 0.0668. The van der Waals surface area contributed by atoms with Crippen molar-refractivity contribution in [2.45, 2.75) is 0 Å². The van der Waals surface area contributed by atoms with E-state index in [4.69, 9.17) is 1.37 Å². The number of hydrogen-bond donors (Lipinski definition) is 0. The quantitative estimate of drug-likeness (QED) is 0.331. The van der Waals surface area contributed by atoms with E-state index in [1.165, 1.54) is 0 Å². The van der Waals surface area contributed by atoms with Crippen molar-refractivity contribution in [2.24, 2.45) is 0 Å². The number of alkyl halides is 1. The minimum Gasteiger partial charge on any atom is -0.119 e. The van der Waals surface area contributed by atoms with Gasteiger partial charge in [-0.1, -0.05) is 21.9 Å². The van der Waals surface area contributed by atoms with Crippen molar-refractivity contribution >= 4 is 15.9 Å². The number of halogens is 1. The lowest BCUT2D eigenvalue weighted by atomic mass is 10.9. The first-order valence-electron chi connectivity index (χ1n) is 1.37. The molecule has 0 heterocycles. The molecule has 0 nitrogen and oxygen atoms in total. The van der Waals surface area contributed by atoms with E-state index in [-0.39, 0.29) is 0 Å². The Labute approximate surface area is 35.7 Å². The molecule has 0 rings (SSSR count). The average molecular weight is 121 g/mol. The average Bonchev–Trinajstić information content (AvgIpc) is 1.41. The fraction of sp³-hybridized carbons (Fsp3) is 0.333. The Balaban J connectivity index is 2.81. The number of hydrogen-bond acceptors (Lipinski definition) is 0. The van der Waals surface area contributed by atoms with Crippen LogP contribution in [0.2, 0.25) is 0 Å². The molecule has 22 valence electrons. The second-order valence-electron chi connectivity index (χ2n) is 0.310. The van der Waals surface area contributed by atoms with E-state index >= 15 is 0 Å². The van der Waals surface area contributed by atoms with Gasteiger partial charge in [0.15, 0.2) is 0 Å². The molecule has 0 saturated heterocycles. The molecule has 0 saturated carbocycles. The molecule has 0 fully saturated rings. The first kappa shape index (κ1) is 2.29. The summed E-state index contributed by atoms with van der Waals surface area (Å²) in [7, 11) is 0. The van der Waals surface area contributed by atoms with Crippen LogP contribution in [0.4, 0.5) is 0 Å². The molecule has 4 heavy (non-hydrogen) atoms. The highest BCUT2D eigenvalue weighted by Crippen LogP contribution is 1.68. The molecule has 0 N–H and O–H groups in total. The van der Waals surface area contributed by atoms with Gasteiger partial charge in [-0.25, -0.2) is 0 Å². The van der Waals surface area contributed by atoms with Gasteiger partial charge in [0.05, 0.1) is 5.33 Å². The Bertz CT molecular complexity index is 59.0. The second kappa shape index (κ2) is 3.04. The normalized spacial score (nSPS) is 6.75. The van der Waals surface area contributed by atoms with Gasteiger partial charge >= 0.3 is 0 Å². The molecule has 0 bridgehead atoms. The topological polar surface area (TPSA) is 0 Å². The third kappa shape index (κ3) is 2.04. The Kier molecular flexibility index (Phi) is 1.74. The van der Waals surface area contributed by atoms with Gasteiger partial charge in [0.1, 0.15) is 1.37 Å². The van der Waals surface area contributed by atoms with Crippen molar-refractivity contribution in [3.05, 3.63) is 0 Å². The van der Waals surface area contributed by atoms with E-state index < -0.39 is 0 Å². The summed E-state index contributed by atoms with van der Waals surface area (Å²) in [4.78, 5) is 0. The van der Waals surface area contributed by atoms with Gasteiger partial charge in [-0.15, -0.1) is 6.40 Å². The zero-order chi connectivity index (χ0) is 4.12. The summed E-state index contributed by atoms with van der Waals surface area (Å²) in [6.45, 7) is 0. The number of rotatable bonds is 0. The summed E-state index contributed by atoms with van der Waals surface area (Å²) in [5, 5.41) is 0.608. The van der Waals surface area contributed by atoms with E-state index in [1.54, 1.807) is 0 Å². The van der Waals surface area contributed by atoms with Gasteiger partial charge in [-0.3, -0.25) is 0 Å². The van der Waals surface area contributed by atoms with Gasteiger partial charge in [0.2, 0.25) is 0 Å². The Morgan fingerprint density at radius 2 is 3.25 bits per heavy atom. The van der Waals surface area contributed by atoms with Crippen molar-refractivity contribution in [1.29, 1.82) is 0 Å². The zero-order valence-electron chi connectivity index (χ0n) is 3.09. The van der Waals surface area contributed by atoms with Crippen molar-refractivity contribution in [3.8, 4) is 12.3 Å². The molecule has 1 heteroatoms. The van der Waals surface area contributed by atoms with Gasteiger partial charge < -0.3 is 0 Å². The minimum absolute atomic E-state index is 0.608. The van der Waals surface area contributed by atoms with Crippen LogP contribution in [-0.2, 0) is 0 Å². The molecule has 0 aromatic carbocycles. The van der Waals surface area contributed by atoms with Gasteiger partial charge in [-0.2, -0.15) is 0 Å². The highest BCUT2D eigenvalue weighted by molar-refractivity contribution is 9.09. The lowest BCUT2D eigenvalue weighted by molar-refractivity contribution is 2.02. The number of terminal acetylenes is 1. The maximum Gasteiger partial charge on any atom is 0.124 e. The molecule has 0 radical (unpaired) electrons. The van der Waals surface area contributed by atoms with Crippen LogP contribution in [0.1, 0.15) is 1.37 Å². The zero-order valence-corrected chi connectivity index (χ0v) is 3.67. The van der Waals surface area contributed by atoms with Crippen molar-refractivity contribution in [2.75, 3.05) is 5.33 Å². The van der Waals surface area contributed by atoms with Gasteiger partial charge in [-0.05, 0) is 0 Å². The first-order chi connectivity index (χ1) is 2.41. The SMILES string of the molecule is [3H]C#CCBr. The van der Waals surface area contributed by atoms with Crippen LogP contribution in [-0.4, -0.2) is 5.33 Å². The highest BCUT2D eigenvalue weighted by atomic mass is 79.9. The summed E-state index contributed by atoms with van der Waals surface area (Å²) >= 11 is 3.02. The van der Waals surface area contributed by atoms with Crippen molar-refractivity contribution in [1.82, 2.24) is 0 Å². The van der Waals surface area contributed by atoms with E-state index in [0.29, 0.717) is 5.33 Å². The fourth-order valence-corrected chi connectivity index (χ4v) is 0. The van der Waals surface area contributed by atoms with Gasteiger partial charge in [0.25, 0.3) is 0 Å². The first-order valence-corrected chi connectivity index (χ1v) is 1.99. The van der Waals surface area contributed by atoms with Gasteiger partial charge in [0, 0.05) is 0 Å². The summed E-state index contributed by atoms with van der Waals surface area (Å²) in [5.41, 5.74) is 0. The largest absolute Gasteiger partial charge is 0.124 e. The van der Waals surface area contributed by atoms with Crippen molar-refractivity contribution in [3.63, 3.8) is 0 Å². The molecule has 0 aliphatic carbocycles. The lowest BCUT2D eigenvalue weighted by Crippen LogP contribution is -1.45. The van der Waals surface area contributed by atoms with Crippen LogP contribution in [0.15, 0.2) is 0 Å². The molecule has 0 amide bonds. The van der Waals surface area contributed by atoms with E-state index in [2.05, 4.69) is 21.9 Å². The fourth-order valence-electron chi connectivity index (χ4n) is 0. The van der Waals surface area contributed by atoms with Crippen LogP contribution >= 0.6 is 15.9 Å². The molecule has 0 aromatic rings. The van der Waals surface area contributed by atoms with Crippen molar-refractivity contribution < 1.29 is 1.37 Å². The van der Waals surface area contributed by atoms with E-state index in [0.717, 1.165) is 0 Å². The molecule has 0 unspecified atom stereocenters. The maximum atomic E-state index is 6.21. The predicted octanol–water partition coefficient (Wildman–Crippen LogP) is 1.01. The van der Waals surface area contributed by atoms with Crippen LogP contribution in [0.5, 0.6) is 0 Å². The molecule has 0 atom stereocenters. The monoisotopic (exact) mass is 120 g/mol. The summed E-state index contributed by atoms with van der Waals surface area (Å²) < 4.78 is 6.21. The molecule has 0 aromatic heterocycles. The standard InChI is InChI=1S/C3H3Br/c1-2-3-4/h1H,3H2/i1T. The second-order valence-corrected chi connectivity index (χ2v) is 0.871. The summed E-state index contributed by atoms with van der Waals surface area (Å²) in [6, 6.07) is 0. The summed E-state index contributed by atoms with van der Waals surface area (Å²) in [5.74, 6) is 2.44. The van der Waals surface area contributed by atoms with E-state index in [1.807, 2.05) is 6.40 Å². The Morgan fingerprint density at radius 3 is 3.25 bits per heavy atom. The summed E-state index contributed by atoms with van der Waals surface area (Å²) in [6.07, 6.45) is 1.97.